The Kier molecular flexibility index (Phi) is 1.65. The van der Waals surface area contributed by atoms with Gasteiger partial charge in [0.15, 0.2) is 0 Å². The molecule has 0 aromatic heterocycles. The Morgan fingerprint density at radius 2 is 2.14 bits per heavy atom. The Bertz CT molecular complexity index is 50.0. The molecule has 2 heteroatoms. The second kappa shape index (κ2) is 2.28. The Morgan fingerprint density at radius 3 is 2.57 bits per heavy atom. The summed E-state index contributed by atoms with van der Waals surface area (Å²) >= 11 is 0. The van der Waals surface area contributed by atoms with Crippen molar-refractivity contribution in [1.82, 2.24) is 0 Å². The Morgan fingerprint density at radius 1 is 1.43 bits per heavy atom. The van der Waals surface area contributed by atoms with Gasteiger partial charge in [-0.15, -0.1) is 0 Å². The minimum atomic E-state index is 0.865. The van der Waals surface area contributed by atoms with Gasteiger partial charge < -0.3 is 10.6 Å². The molecule has 0 unspecified atom stereocenters. The quantitative estimate of drug-likeness (QED) is 0.405. The average molecular weight is 101 g/mol. The van der Waals surface area contributed by atoms with Crippen molar-refractivity contribution < 1.29 is 4.90 Å². The van der Waals surface area contributed by atoms with Crippen LogP contribution < -0.4 is 10.6 Å². The molecule has 1 fully saturated rings. The molecule has 0 amide bonds. The van der Waals surface area contributed by atoms with E-state index in [4.69, 9.17) is 5.73 Å². The summed E-state index contributed by atoms with van der Waals surface area (Å²) in [4.78, 5) is 1.73. The standard InChI is InChI=1S/C5H12N2/c6-2-1-3-7-4-5-7/h1-6H2/p+1. The van der Waals surface area contributed by atoms with Gasteiger partial charge >= 0.3 is 0 Å². The maximum absolute atomic E-state index is 5.29. The molecular weight excluding hydrogens is 88.1 g/mol. The Balaban J connectivity index is 1.80. The van der Waals surface area contributed by atoms with E-state index in [1.807, 2.05) is 0 Å². The molecule has 3 N–H and O–H groups in total. The molecule has 1 saturated heterocycles. The first-order valence-electron chi connectivity index (χ1n) is 2.97. The summed E-state index contributed by atoms with van der Waals surface area (Å²) in [6.07, 6.45) is 1.20. The van der Waals surface area contributed by atoms with Gasteiger partial charge in [0.05, 0.1) is 6.54 Å². The van der Waals surface area contributed by atoms with E-state index in [-0.39, 0.29) is 0 Å². The predicted octanol–water partition coefficient (Wildman–Crippen LogP) is -1.77. The van der Waals surface area contributed by atoms with E-state index in [0.717, 1.165) is 6.54 Å². The van der Waals surface area contributed by atoms with Crippen LogP contribution in [0.2, 0.25) is 0 Å². The van der Waals surface area contributed by atoms with Crippen molar-refractivity contribution in [3.05, 3.63) is 0 Å². The first-order valence-corrected chi connectivity index (χ1v) is 2.97. The van der Waals surface area contributed by atoms with Crippen LogP contribution in [0, 0.1) is 0 Å². The fourth-order valence-corrected chi connectivity index (χ4v) is 0.690. The topological polar surface area (TPSA) is 30.5 Å². The highest BCUT2D eigenvalue weighted by molar-refractivity contribution is 4.42. The smallest absolute Gasteiger partial charge is 0.127 e. The third kappa shape index (κ3) is 1.90. The lowest BCUT2D eigenvalue weighted by atomic mass is 10.4. The van der Waals surface area contributed by atoms with Crippen LogP contribution in [0.4, 0.5) is 0 Å². The van der Waals surface area contributed by atoms with Crippen LogP contribution in [0.25, 0.3) is 0 Å². The van der Waals surface area contributed by atoms with Crippen LogP contribution in [0.5, 0.6) is 0 Å². The lowest BCUT2D eigenvalue weighted by Gasteiger charge is -1.90. The molecule has 0 aromatic rings. The fraction of sp³-hybridized carbons (Fsp3) is 1.00. The molecule has 1 rings (SSSR count). The van der Waals surface area contributed by atoms with Crippen LogP contribution in [-0.4, -0.2) is 26.2 Å². The maximum Gasteiger partial charge on any atom is 0.127 e. The molecule has 7 heavy (non-hydrogen) atoms. The normalized spacial score (nSPS) is 20.1. The van der Waals surface area contributed by atoms with Crippen molar-refractivity contribution >= 4 is 0 Å². The van der Waals surface area contributed by atoms with E-state index < -0.39 is 0 Å². The second-order valence-corrected chi connectivity index (χ2v) is 2.14. The lowest BCUT2D eigenvalue weighted by Crippen LogP contribution is -2.92. The van der Waals surface area contributed by atoms with E-state index in [1.54, 1.807) is 4.90 Å². The summed E-state index contributed by atoms with van der Waals surface area (Å²) in [7, 11) is 0. The SMILES string of the molecule is NCCC[NH+]1CC1. The lowest BCUT2D eigenvalue weighted by molar-refractivity contribution is -0.758. The van der Waals surface area contributed by atoms with Gasteiger partial charge in [0.2, 0.25) is 0 Å². The van der Waals surface area contributed by atoms with Gasteiger partial charge in [0.25, 0.3) is 0 Å². The van der Waals surface area contributed by atoms with Crippen molar-refractivity contribution in [2.24, 2.45) is 5.73 Å². The Hall–Kier alpha value is -0.0800. The van der Waals surface area contributed by atoms with Crippen LogP contribution >= 0.6 is 0 Å². The zero-order chi connectivity index (χ0) is 5.11. The van der Waals surface area contributed by atoms with Crippen LogP contribution in [0.15, 0.2) is 0 Å². The van der Waals surface area contributed by atoms with Crippen molar-refractivity contribution in [1.29, 1.82) is 0 Å². The molecule has 0 aromatic carbocycles. The summed E-state index contributed by atoms with van der Waals surface area (Å²) in [6.45, 7) is 4.94. The van der Waals surface area contributed by atoms with Crippen molar-refractivity contribution in [3.63, 3.8) is 0 Å². The highest BCUT2D eigenvalue weighted by atomic mass is 15.2. The van der Waals surface area contributed by atoms with Gasteiger partial charge in [0.1, 0.15) is 13.1 Å². The van der Waals surface area contributed by atoms with E-state index in [1.165, 1.54) is 26.1 Å². The minimum Gasteiger partial charge on any atom is -0.330 e. The second-order valence-electron chi connectivity index (χ2n) is 2.14. The molecule has 2 nitrogen and oxygen atoms in total. The average Bonchev–Trinajstić information content (AvgIpc) is 2.42. The number of hydrogen-bond donors (Lipinski definition) is 2. The molecule has 0 atom stereocenters. The van der Waals surface area contributed by atoms with Crippen LogP contribution in [0.1, 0.15) is 6.42 Å². The summed E-state index contributed by atoms with van der Waals surface area (Å²) in [5.41, 5.74) is 5.29. The maximum atomic E-state index is 5.29. The number of nitrogens with two attached hydrogens (primary N) is 1. The molecule has 1 aliphatic rings. The first kappa shape index (κ1) is 5.06. The highest BCUT2D eigenvalue weighted by Crippen LogP contribution is 1.68. The summed E-state index contributed by atoms with van der Waals surface area (Å²) in [6, 6.07) is 0. The summed E-state index contributed by atoms with van der Waals surface area (Å²) in [5.74, 6) is 0. The molecule has 0 bridgehead atoms. The van der Waals surface area contributed by atoms with Gasteiger partial charge in [-0.1, -0.05) is 0 Å². The van der Waals surface area contributed by atoms with E-state index in [2.05, 4.69) is 0 Å². The van der Waals surface area contributed by atoms with Crippen LogP contribution in [0.3, 0.4) is 0 Å². The predicted molar refractivity (Wildman–Crippen MR) is 29.2 cm³/mol. The van der Waals surface area contributed by atoms with Gasteiger partial charge in [0, 0.05) is 6.42 Å². The number of rotatable bonds is 3. The van der Waals surface area contributed by atoms with Gasteiger partial charge in [-0.3, -0.25) is 0 Å². The number of quaternary nitrogens is 1. The Labute approximate surface area is 44.3 Å². The van der Waals surface area contributed by atoms with E-state index >= 15 is 0 Å². The molecule has 1 aliphatic heterocycles. The zero-order valence-corrected chi connectivity index (χ0v) is 4.61. The summed E-state index contributed by atoms with van der Waals surface area (Å²) < 4.78 is 0. The van der Waals surface area contributed by atoms with E-state index in [0.29, 0.717) is 0 Å². The molecule has 0 saturated carbocycles. The van der Waals surface area contributed by atoms with Crippen molar-refractivity contribution in [2.75, 3.05) is 26.2 Å². The third-order valence-electron chi connectivity index (χ3n) is 1.34. The molecular formula is C5H13N2+. The molecule has 0 radical (unpaired) electrons. The van der Waals surface area contributed by atoms with Gasteiger partial charge in [-0.25, -0.2) is 0 Å². The molecule has 42 valence electrons. The third-order valence-corrected chi connectivity index (χ3v) is 1.34. The summed E-state index contributed by atoms with van der Waals surface area (Å²) in [5, 5.41) is 0. The molecule has 0 spiro atoms. The number of hydrogen-bond acceptors (Lipinski definition) is 1. The molecule has 1 heterocycles. The van der Waals surface area contributed by atoms with Gasteiger partial charge in [-0.2, -0.15) is 0 Å². The van der Waals surface area contributed by atoms with Crippen LogP contribution in [-0.2, 0) is 0 Å². The minimum absolute atomic E-state index is 0.865. The highest BCUT2D eigenvalue weighted by Gasteiger charge is 2.20. The monoisotopic (exact) mass is 101 g/mol. The van der Waals surface area contributed by atoms with Crippen molar-refractivity contribution in [3.8, 4) is 0 Å². The van der Waals surface area contributed by atoms with Gasteiger partial charge in [-0.05, 0) is 6.54 Å². The van der Waals surface area contributed by atoms with E-state index in [9.17, 15) is 0 Å². The fourth-order valence-electron chi connectivity index (χ4n) is 0.690. The van der Waals surface area contributed by atoms with Crippen molar-refractivity contribution in [2.45, 2.75) is 6.42 Å². The zero-order valence-electron chi connectivity index (χ0n) is 4.61. The largest absolute Gasteiger partial charge is 0.330 e. The molecule has 0 aliphatic carbocycles. The first-order chi connectivity index (χ1) is 3.43. The number of nitrogens with one attached hydrogen (secondary N) is 1.